The molecule has 140 valence electrons. The lowest BCUT2D eigenvalue weighted by Crippen LogP contribution is -3.17. The maximum Gasteiger partial charge on any atom is 0.411 e. The minimum atomic E-state index is -0.334. The highest BCUT2D eigenvalue weighted by atomic mass is 16.6. The van der Waals surface area contributed by atoms with Crippen LogP contribution in [0.3, 0.4) is 0 Å². The normalized spacial score (nSPS) is 31.6. The zero-order chi connectivity index (χ0) is 18.4. The summed E-state index contributed by atoms with van der Waals surface area (Å²) in [6, 6.07) is 18.6. The minimum Gasteiger partial charge on any atom is -0.437 e. The maximum atomic E-state index is 13.3. The second kappa shape index (κ2) is 6.38. The molecule has 27 heavy (non-hydrogen) atoms. The summed E-state index contributed by atoms with van der Waals surface area (Å²) >= 11 is 0. The molecular formula is C23H27N2O2+. The van der Waals surface area contributed by atoms with E-state index in [9.17, 15) is 4.79 Å². The number of hydrogen-bond acceptors (Lipinski definition) is 2. The average molecular weight is 363 g/mol. The van der Waals surface area contributed by atoms with Gasteiger partial charge in [0, 0.05) is 18.8 Å². The molecule has 3 fully saturated rings. The van der Waals surface area contributed by atoms with Crippen LogP contribution in [-0.4, -0.2) is 36.2 Å². The van der Waals surface area contributed by atoms with Crippen molar-refractivity contribution in [3.8, 4) is 0 Å². The number of nitrogens with zero attached hydrogens (tertiary/aromatic N) is 1. The number of benzene rings is 2. The summed E-state index contributed by atoms with van der Waals surface area (Å²) in [5.74, 6) is 0.499. The molecule has 4 aliphatic rings. The molecule has 2 bridgehead atoms. The summed E-state index contributed by atoms with van der Waals surface area (Å²) in [5.41, 5.74) is 3.24. The predicted octanol–water partition coefficient (Wildman–Crippen LogP) is 2.80. The smallest absolute Gasteiger partial charge is 0.411 e. The molecule has 1 N–H and O–H groups in total. The van der Waals surface area contributed by atoms with Crippen molar-refractivity contribution in [3.05, 3.63) is 71.3 Å². The van der Waals surface area contributed by atoms with E-state index in [0.29, 0.717) is 12.5 Å². The third kappa shape index (κ3) is 2.83. The minimum absolute atomic E-state index is 0.0630. The van der Waals surface area contributed by atoms with Gasteiger partial charge in [-0.05, 0) is 23.6 Å². The Labute approximate surface area is 160 Å². The second-order valence-electron chi connectivity index (χ2n) is 8.52. The van der Waals surface area contributed by atoms with E-state index in [4.69, 9.17) is 4.74 Å². The molecule has 0 aromatic heterocycles. The number of fused-ring (bicyclic) bond motifs is 4. The lowest BCUT2D eigenvalue weighted by Gasteiger charge is -2.48. The van der Waals surface area contributed by atoms with Gasteiger partial charge in [-0.2, -0.15) is 0 Å². The topological polar surface area (TPSA) is 34.0 Å². The Bertz CT molecular complexity index is 844. The first-order valence-corrected chi connectivity index (χ1v) is 10.1. The fourth-order valence-electron chi connectivity index (χ4n) is 5.38. The van der Waals surface area contributed by atoms with E-state index in [1.54, 1.807) is 4.90 Å². The van der Waals surface area contributed by atoms with Crippen LogP contribution in [0.15, 0.2) is 54.6 Å². The summed E-state index contributed by atoms with van der Waals surface area (Å²) in [6.45, 7) is 6.15. The van der Waals surface area contributed by atoms with Crippen molar-refractivity contribution in [1.29, 1.82) is 0 Å². The lowest BCUT2D eigenvalue weighted by atomic mass is 9.76. The van der Waals surface area contributed by atoms with E-state index in [1.807, 2.05) is 29.2 Å². The van der Waals surface area contributed by atoms with Crippen LogP contribution in [0.5, 0.6) is 0 Å². The van der Waals surface area contributed by atoms with Gasteiger partial charge in [-0.3, -0.25) is 4.90 Å². The number of ether oxygens (including phenoxy) is 1. The molecule has 2 aromatic carbocycles. The summed E-state index contributed by atoms with van der Waals surface area (Å²) in [4.78, 5) is 16.8. The van der Waals surface area contributed by atoms with Crippen LogP contribution in [0.4, 0.5) is 4.79 Å². The van der Waals surface area contributed by atoms with E-state index in [2.05, 4.69) is 37.3 Å². The third-order valence-corrected chi connectivity index (χ3v) is 6.83. The molecule has 4 heterocycles. The van der Waals surface area contributed by atoms with E-state index >= 15 is 0 Å². The molecule has 4 heteroatoms. The van der Waals surface area contributed by atoms with E-state index in [-0.39, 0.29) is 17.7 Å². The van der Waals surface area contributed by atoms with Gasteiger partial charge in [0.15, 0.2) is 5.60 Å². The average Bonchev–Trinajstić information content (AvgIpc) is 3.09. The standard InChI is InChI=1S/C23H26N2O2/c1-23(16-24-13-11-19(23)12-14-24)27-22(26)25-15-18-9-5-6-10-20(18)21(25)17-7-3-2-4-8-17/h2-10,19,21H,11-16H2,1H3/p+1. The predicted molar refractivity (Wildman–Crippen MR) is 103 cm³/mol. The third-order valence-electron chi connectivity index (χ3n) is 6.83. The number of rotatable bonds is 2. The van der Waals surface area contributed by atoms with Gasteiger partial charge >= 0.3 is 6.09 Å². The van der Waals surface area contributed by atoms with Crippen molar-refractivity contribution >= 4 is 6.09 Å². The number of piperidine rings is 3. The lowest BCUT2D eigenvalue weighted by molar-refractivity contribution is -0.924. The van der Waals surface area contributed by atoms with Crippen molar-refractivity contribution in [1.82, 2.24) is 4.90 Å². The molecule has 0 aliphatic carbocycles. The van der Waals surface area contributed by atoms with Crippen LogP contribution in [-0.2, 0) is 11.3 Å². The molecule has 0 radical (unpaired) electrons. The molecule has 2 unspecified atom stereocenters. The number of amides is 1. The summed E-state index contributed by atoms with van der Waals surface area (Å²) in [6.07, 6.45) is 2.17. The highest BCUT2D eigenvalue weighted by Crippen LogP contribution is 2.40. The van der Waals surface area contributed by atoms with Gasteiger partial charge in [-0.25, -0.2) is 4.79 Å². The number of nitrogens with one attached hydrogen (secondary N) is 1. The maximum absolute atomic E-state index is 13.3. The fraction of sp³-hybridized carbons (Fsp3) is 0.435. The fourth-order valence-corrected chi connectivity index (χ4v) is 5.38. The van der Waals surface area contributed by atoms with Crippen molar-refractivity contribution in [3.63, 3.8) is 0 Å². The van der Waals surface area contributed by atoms with Crippen LogP contribution in [0.25, 0.3) is 0 Å². The first-order valence-electron chi connectivity index (χ1n) is 10.1. The van der Waals surface area contributed by atoms with Crippen LogP contribution < -0.4 is 4.90 Å². The monoisotopic (exact) mass is 363 g/mol. The van der Waals surface area contributed by atoms with Gasteiger partial charge in [-0.15, -0.1) is 0 Å². The number of hydrogen-bond donors (Lipinski definition) is 1. The second-order valence-corrected chi connectivity index (χ2v) is 8.52. The molecule has 1 amide bonds. The van der Waals surface area contributed by atoms with Crippen molar-refractivity contribution in [2.24, 2.45) is 5.92 Å². The van der Waals surface area contributed by atoms with Crippen LogP contribution in [0, 0.1) is 5.92 Å². The summed E-state index contributed by atoms with van der Waals surface area (Å²) in [7, 11) is 0. The Kier molecular flexibility index (Phi) is 3.97. The molecular weight excluding hydrogens is 336 g/mol. The highest BCUT2D eigenvalue weighted by molar-refractivity contribution is 5.71. The van der Waals surface area contributed by atoms with Crippen LogP contribution in [0.2, 0.25) is 0 Å². The first-order chi connectivity index (χ1) is 13.1. The van der Waals surface area contributed by atoms with Crippen molar-refractivity contribution in [2.45, 2.75) is 38.0 Å². The number of quaternary nitrogens is 1. The van der Waals surface area contributed by atoms with Crippen LogP contribution in [0.1, 0.15) is 42.5 Å². The van der Waals surface area contributed by atoms with Crippen molar-refractivity contribution < 1.29 is 14.4 Å². The zero-order valence-corrected chi connectivity index (χ0v) is 15.9. The Morgan fingerprint density at radius 1 is 1.07 bits per heavy atom. The molecule has 4 aliphatic heterocycles. The van der Waals surface area contributed by atoms with Crippen LogP contribution >= 0.6 is 0 Å². The summed E-state index contributed by atoms with van der Waals surface area (Å²) in [5, 5.41) is 0. The quantitative estimate of drug-likeness (QED) is 0.890. The van der Waals surface area contributed by atoms with Crippen molar-refractivity contribution in [2.75, 3.05) is 19.6 Å². The molecule has 2 atom stereocenters. The molecule has 6 rings (SSSR count). The molecule has 3 saturated heterocycles. The largest absolute Gasteiger partial charge is 0.437 e. The Morgan fingerprint density at radius 2 is 1.78 bits per heavy atom. The first kappa shape index (κ1) is 16.8. The summed E-state index contributed by atoms with van der Waals surface area (Å²) < 4.78 is 6.25. The zero-order valence-electron chi connectivity index (χ0n) is 15.9. The van der Waals surface area contributed by atoms with E-state index in [0.717, 1.165) is 12.1 Å². The van der Waals surface area contributed by atoms with Gasteiger partial charge in [0.25, 0.3) is 0 Å². The van der Waals surface area contributed by atoms with E-state index in [1.165, 1.54) is 37.1 Å². The van der Waals surface area contributed by atoms with Gasteiger partial charge in [0.1, 0.15) is 6.54 Å². The number of carbonyl (C=O) groups excluding carboxylic acids is 1. The molecule has 4 nitrogen and oxygen atoms in total. The van der Waals surface area contributed by atoms with Gasteiger partial charge < -0.3 is 9.64 Å². The Balaban J connectivity index is 1.44. The van der Waals surface area contributed by atoms with Gasteiger partial charge in [0.2, 0.25) is 0 Å². The molecule has 2 aromatic rings. The van der Waals surface area contributed by atoms with Gasteiger partial charge in [0.05, 0.1) is 25.7 Å². The van der Waals surface area contributed by atoms with Gasteiger partial charge in [-0.1, -0.05) is 54.6 Å². The molecule has 0 spiro atoms. The number of carbonyl (C=O) groups is 1. The molecule has 0 saturated carbocycles. The van der Waals surface area contributed by atoms with E-state index < -0.39 is 0 Å². The Morgan fingerprint density at radius 3 is 2.48 bits per heavy atom. The SMILES string of the molecule is CC1(OC(=O)N2Cc3ccccc3C2c2ccccc2)C[NH+]2CCC1CC2. The highest BCUT2D eigenvalue weighted by Gasteiger charge is 2.50. The Hall–Kier alpha value is -2.33.